The first kappa shape index (κ1) is 29.7. The predicted molar refractivity (Wildman–Crippen MR) is 169 cm³/mol. The number of hydrogen-bond acceptors (Lipinski definition) is 9. The molecule has 1 aromatic heterocycles. The number of aromatic nitrogens is 1. The van der Waals surface area contributed by atoms with E-state index in [-0.39, 0.29) is 13.2 Å². The number of nitrogens with zero attached hydrogens (tertiary/aromatic N) is 2. The Morgan fingerprint density at radius 1 is 0.884 bits per heavy atom. The fourth-order valence-corrected chi connectivity index (χ4v) is 5.86. The van der Waals surface area contributed by atoms with E-state index < -0.39 is 23.8 Å². The number of carbonyl (C=O) groups excluding carboxylic acids is 2. The van der Waals surface area contributed by atoms with Gasteiger partial charge in [0.05, 0.1) is 24.5 Å². The molecule has 9 heteroatoms. The highest BCUT2D eigenvalue weighted by molar-refractivity contribution is 7.14. The Hall–Kier alpha value is -4.76. The van der Waals surface area contributed by atoms with Crippen molar-refractivity contribution in [2.45, 2.75) is 33.6 Å². The van der Waals surface area contributed by atoms with Gasteiger partial charge >= 0.3 is 11.9 Å². The minimum Gasteiger partial charge on any atom is -0.465 e. The van der Waals surface area contributed by atoms with Gasteiger partial charge in [-0.1, -0.05) is 30.3 Å². The number of allylic oxidation sites excluding steroid dienone is 1. The van der Waals surface area contributed by atoms with Crippen LogP contribution in [0.3, 0.4) is 0 Å². The molecule has 0 amide bonds. The van der Waals surface area contributed by atoms with Crippen molar-refractivity contribution >= 4 is 39.8 Å². The lowest BCUT2D eigenvalue weighted by molar-refractivity contribution is -0.146. The zero-order chi connectivity index (χ0) is 30.3. The Labute approximate surface area is 255 Å². The summed E-state index contributed by atoms with van der Waals surface area (Å²) in [7, 11) is 0. The maximum absolute atomic E-state index is 13.1. The first-order chi connectivity index (χ1) is 20.9. The van der Waals surface area contributed by atoms with Crippen molar-refractivity contribution in [2.75, 3.05) is 18.5 Å². The Balaban J connectivity index is 1.38. The largest absolute Gasteiger partial charge is 0.465 e. The van der Waals surface area contributed by atoms with E-state index in [1.54, 1.807) is 27.7 Å². The summed E-state index contributed by atoms with van der Waals surface area (Å²) in [4.78, 5) is 35.6. The van der Waals surface area contributed by atoms with E-state index in [9.17, 15) is 9.59 Å². The van der Waals surface area contributed by atoms with Crippen molar-refractivity contribution in [1.82, 2.24) is 4.98 Å². The van der Waals surface area contributed by atoms with E-state index in [4.69, 9.17) is 19.2 Å². The van der Waals surface area contributed by atoms with E-state index in [0.717, 1.165) is 34.0 Å². The van der Waals surface area contributed by atoms with Crippen LogP contribution in [0.15, 0.2) is 101 Å². The summed E-state index contributed by atoms with van der Waals surface area (Å²) >= 11 is 1.48. The van der Waals surface area contributed by atoms with Gasteiger partial charge in [-0.2, -0.15) is 0 Å². The lowest BCUT2D eigenvalue weighted by atomic mass is 9.75. The highest BCUT2D eigenvalue weighted by atomic mass is 32.1. The first-order valence-electron chi connectivity index (χ1n) is 14.1. The van der Waals surface area contributed by atoms with Gasteiger partial charge in [0, 0.05) is 34.0 Å². The van der Waals surface area contributed by atoms with Crippen LogP contribution in [0.4, 0.5) is 10.8 Å². The lowest BCUT2D eigenvalue weighted by Gasteiger charge is -2.31. The molecule has 2 atom stereocenters. The molecule has 4 aromatic rings. The van der Waals surface area contributed by atoms with Gasteiger partial charge in [-0.25, -0.2) is 9.78 Å². The minimum absolute atomic E-state index is 0.214. The summed E-state index contributed by atoms with van der Waals surface area (Å²) in [6, 6.07) is 25.1. The van der Waals surface area contributed by atoms with Crippen LogP contribution in [-0.4, -0.2) is 35.8 Å². The molecule has 0 radical (unpaired) electrons. The molecule has 0 fully saturated rings. The average Bonchev–Trinajstić information content (AvgIpc) is 3.46. The summed E-state index contributed by atoms with van der Waals surface area (Å²) in [5.41, 5.74) is 4.83. The molecule has 0 spiro atoms. The quantitative estimate of drug-likeness (QED) is 0.186. The molecule has 2 unspecified atom stereocenters. The van der Waals surface area contributed by atoms with Gasteiger partial charge < -0.3 is 19.5 Å². The molecular formula is C34H33N3O5S. The van der Waals surface area contributed by atoms with Gasteiger partial charge in [0.15, 0.2) is 5.13 Å². The fourth-order valence-electron chi connectivity index (χ4n) is 5.12. The van der Waals surface area contributed by atoms with Crippen molar-refractivity contribution in [2.24, 2.45) is 10.9 Å². The number of ether oxygens (including phenoxy) is 3. The third-order valence-corrected chi connectivity index (χ3v) is 7.75. The zero-order valence-corrected chi connectivity index (χ0v) is 25.3. The van der Waals surface area contributed by atoms with E-state index in [0.29, 0.717) is 22.1 Å². The molecular weight excluding hydrogens is 562 g/mol. The van der Waals surface area contributed by atoms with Gasteiger partial charge in [-0.05, 0) is 81.8 Å². The van der Waals surface area contributed by atoms with Crippen LogP contribution < -0.4 is 10.1 Å². The van der Waals surface area contributed by atoms with E-state index in [1.165, 1.54) is 11.3 Å². The molecule has 5 rings (SSSR count). The molecule has 0 saturated heterocycles. The van der Waals surface area contributed by atoms with Gasteiger partial charge in [0.2, 0.25) is 0 Å². The van der Waals surface area contributed by atoms with Crippen molar-refractivity contribution in [3.8, 4) is 22.8 Å². The van der Waals surface area contributed by atoms with Gasteiger partial charge in [-0.3, -0.25) is 9.79 Å². The predicted octanol–water partition coefficient (Wildman–Crippen LogP) is 7.92. The summed E-state index contributed by atoms with van der Waals surface area (Å²) in [5.74, 6) is -0.748. The molecule has 0 bridgehead atoms. The Morgan fingerprint density at radius 3 is 2.33 bits per heavy atom. The van der Waals surface area contributed by atoms with E-state index in [2.05, 4.69) is 10.3 Å². The maximum atomic E-state index is 13.1. The number of esters is 2. The summed E-state index contributed by atoms with van der Waals surface area (Å²) < 4.78 is 16.7. The first-order valence-corrected chi connectivity index (χ1v) is 15.0. The number of para-hydroxylation sites is 1. The molecule has 2 heterocycles. The smallest absolute Gasteiger partial charge is 0.336 e. The van der Waals surface area contributed by atoms with E-state index >= 15 is 0 Å². The van der Waals surface area contributed by atoms with E-state index in [1.807, 2.05) is 84.2 Å². The second-order valence-corrected chi connectivity index (χ2v) is 10.8. The molecule has 1 aliphatic rings. The van der Waals surface area contributed by atoms with Crippen LogP contribution in [-0.2, 0) is 19.1 Å². The number of benzene rings is 3. The summed E-state index contributed by atoms with van der Waals surface area (Å²) in [5, 5.41) is 6.08. The van der Waals surface area contributed by atoms with Crippen molar-refractivity contribution in [3.63, 3.8) is 0 Å². The fraction of sp³-hybridized carbons (Fsp3) is 0.235. The SMILES string of the molecule is CCOC(=O)C1=C(C)N=C(C)C(C(=O)OCC)C1c1cccc(Nc2nc(-c3ccc(Oc4ccccc4)cc3)cs2)c1. The van der Waals surface area contributed by atoms with Crippen molar-refractivity contribution < 1.29 is 23.8 Å². The molecule has 1 aliphatic heterocycles. The highest BCUT2D eigenvalue weighted by Gasteiger charge is 2.42. The molecule has 43 heavy (non-hydrogen) atoms. The number of rotatable bonds is 10. The molecule has 220 valence electrons. The third-order valence-electron chi connectivity index (χ3n) is 6.99. The number of aliphatic imine (C=N–C) groups is 1. The van der Waals surface area contributed by atoms with Crippen LogP contribution in [0.5, 0.6) is 11.5 Å². The molecule has 8 nitrogen and oxygen atoms in total. The van der Waals surface area contributed by atoms with Crippen molar-refractivity contribution in [1.29, 1.82) is 0 Å². The maximum Gasteiger partial charge on any atom is 0.336 e. The number of thiazole rings is 1. The topological polar surface area (TPSA) is 99.1 Å². The van der Waals surface area contributed by atoms with Gasteiger partial charge in [-0.15, -0.1) is 11.3 Å². The number of hydrogen-bond donors (Lipinski definition) is 1. The second kappa shape index (κ2) is 13.5. The Bertz CT molecular complexity index is 1660. The molecule has 3 aromatic carbocycles. The number of nitrogens with one attached hydrogen (secondary N) is 1. The minimum atomic E-state index is -0.751. The zero-order valence-electron chi connectivity index (χ0n) is 24.5. The molecule has 0 aliphatic carbocycles. The normalized spacial score (nSPS) is 16.3. The number of carbonyl (C=O) groups is 2. The van der Waals surface area contributed by atoms with Crippen LogP contribution in [0.1, 0.15) is 39.2 Å². The monoisotopic (exact) mass is 595 g/mol. The lowest BCUT2D eigenvalue weighted by Crippen LogP contribution is -2.36. The summed E-state index contributed by atoms with van der Waals surface area (Å²) in [6.45, 7) is 7.51. The Kier molecular flexibility index (Phi) is 9.32. The average molecular weight is 596 g/mol. The van der Waals surface area contributed by atoms with Gasteiger partial charge in [0.1, 0.15) is 17.4 Å². The van der Waals surface area contributed by atoms with Gasteiger partial charge in [0.25, 0.3) is 0 Å². The van der Waals surface area contributed by atoms with Crippen molar-refractivity contribution in [3.05, 3.63) is 101 Å². The standard InChI is InChI=1S/C34H33N3O5S/c1-5-40-32(38)29-21(3)35-22(4)30(33(39)41-6-2)31(29)24-11-10-12-25(19-24)36-34-37-28(20-43-34)23-15-17-27(18-16-23)42-26-13-8-7-9-14-26/h7-20,29,31H,5-6H2,1-4H3,(H,36,37). The molecule has 0 saturated carbocycles. The molecule has 1 N–H and O–H groups in total. The summed E-state index contributed by atoms with van der Waals surface area (Å²) in [6.07, 6.45) is 0. The van der Waals surface area contributed by atoms with Crippen LogP contribution in [0.25, 0.3) is 11.3 Å². The van der Waals surface area contributed by atoms with Crippen LogP contribution in [0, 0.1) is 5.92 Å². The third kappa shape index (κ3) is 6.84. The van der Waals surface area contributed by atoms with Crippen LogP contribution in [0.2, 0.25) is 0 Å². The highest BCUT2D eigenvalue weighted by Crippen LogP contribution is 2.41. The van der Waals surface area contributed by atoms with Crippen LogP contribution >= 0.6 is 11.3 Å². The second-order valence-electron chi connectivity index (χ2n) is 9.91. The Morgan fingerprint density at radius 2 is 1.60 bits per heavy atom. The number of anilines is 2.